The van der Waals surface area contributed by atoms with Gasteiger partial charge in [0.2, 0.25) is 0 Å². The van der Waals surface area contributed by atoms with Crippen LogP contribution in [-0.4, -0.2) is 15.0 Å². The second-order valence-electron chi connectivity index (χ2n) is 14.7. The molecule has 0 aliphatic heterocycles. The molecule has 11 rings (SSSR count). The van der Waals surface area contributed by atoms with Crippen molar-refractivity contribution in [3.8, 4) is 67.5 Å². The first kappa shape index (κ1) is 33.6. The summed E-state index contributed by atoms with van der Waals surface area (Å²) in [5.74, 6) is 1.88. The van der Waals surface area contributed by atoms with E-state index in [9.17, 15) is 0 Å². The molecule has 0 amide bonds. The fourth-order valence-corrected chi connectivity index (χ4v) is 8.66. The van der Waals surface area contributed by atoms with Gasteiger partial charge in [0.15, 0.2) is 17.5 Å². The van der Waals surface area contributed by atoms with Gasteiger partial charge in [0.05, 0.1) is 0 Å². The van der Waals surface area contributed by atoms with E-state index >= 15 is 0 Å². The molecule has 1 heterocycles. The molecule has 1 aromatic heterocycles. The molecule has 0 spiro atoms. The lowest BCUT2D eigenvalue weighted by atomic mass is 9.85. The zero-order valence-electron chi connectivity index (χ0n) is 31.5. The molecule has 0 aliphatic rings. The molecule has 0 saturated carbocycles. The quantitative estimate of drug-likeness (QED) is 0.126. The van der Waals surface area contributed by atoms with Crippen LogP contribution in [-0.2, 0) is 0 Å². The molecule has 10 aromatic carbocycles. The minimum Gasteiger partial charge on any atom is -0.208 e. The van der Waals surface area contributed by atoms with Gasteiger partial charge in [0, 0.05) is 16.7 Å². The fraction of sp³-hybridized carbons (Fsp3) is 0. The normalized spacial score (nSPS) is 11.4. The Balaban J connectivity index is 1.27. The first-order valence-corrected chi connectivity index (χ1v) is 19.7. The maximum Gasteiger partial charge on any atom is 0.165 e. The summed E-state index contributed by atoms with van der Waals surface area (Å²) in [6.45, 7) is 0. The van der Waals surface area contributed by atoms with Crippen LogP contribution < -0.4 is 0 Å². The van der Waals surface area contributed by atoms with Gasteiger partial charge >= 0.3 is 0 Å². The Morgan fingerprint density at radius 3 is 1.31 bits per heavy atom. The Labute approximate surface area is 336 Å². The molecule has 11 aromatic rings. The molecule has 0 aliphatic carbocycles. The number of hydrogen-bond donors (Lipinski definition) is 0. The van der Waals surface area contributed by atoms with E-state index in [1.54, 1.807) is 0 Å². The minimum atomic E-state index is 0.624. The lowest BCUT2D eigenvalue weighted by Crippen LogP contribution is -2.03. The van der Waals surface area contributed by atoms with Gasteiger partial charge in [-0.05, 0) is 82.5 Å². The minimum absolute atomic E-state index is 0.624. The van der Waals surface area contributed by atoms with E-state index in [-0.39, 0.29) is 0 Å². The van der Waals surface area contributed by atoms with Crippen LogP contribution >= 0.6 is 0 Å². The monoisotopic (exact) mass is 737 g/mol. The lowest BCUT2D eigenvalue weighted by Gasteiger charge is -2.20. The molecule has 0 bridgehead atoms. The van der Waals surface area contributed by atoms with E-state index in [4.69, 9.17) is 15.0 Å². The molecule has 0 unspecified atom stereocenters. The summed E-state index contributed by atoms with van der Waals surface area (Å²) in [5.41, 5.74) is 9.60. The second-order valence-corrected chi connectivity index (χ2v) is 14.7. The number of hydrogen-bond acceptors (Lipinski definition) is 3. The van der Waals surface area contributed by atoms with Crippen LogP contribution in [0, 0.1) is 0 Å². The molecule has 3 heteroatoms. The summed E-state index contributed by atoms with van der Waals surface area (Å²) in [6, 6.07) is 75.2. The van der Waals surface area contributed by atoms with Crippen molar-refractivity contribution in [1.29, 1.82) is 0 Å². The van der Waals surface area contributed by atoms with Crippen LogP contribution in [0.5, 0.6) is 0 Å². The molecule has 0 atom stereocenters. The molecular weight excluding hydrogens is 703 g/mol. The summed E-state index contributed by atoms with van der Waals surface area (Å²) in [6.07, 6.45) is 0. The average Bonchev–Trinajstić information content (AvgIpc) is 3.31. The first-order chi connectivity index (χ1) is 28.8. The van der Waals surface area contributed by atoms with Crippen LogP contribution in [0.15, 0.2) is 212 Å². The highest BCUT2D eigenvalue weighted by Crippen LogP contribution is 2.47. The van der Waals surface area contributed by atoms with E-state index in [0.717, 1.165) is 55.1 Å². The third-order valence-corrected chi connectivity index (χ3v) is 11.3. The third-order valence-electron chi connectivity index (χ3n) is 11.3. The van der Waals surface area contributed by atoms with Gasteiger partial charge in [-0.2, -0.15) is 0 Å². The van der Waals surface area contributed by atoms with Crippen molar-refractivity contribution in [2.75, 3.05) is 0 Å². The molecule has 0 fully saturated rings. The largest absolute Gasteiger partial charge is 0.208 e. The molecule has 270 valence electrons. The Bertz CT molecular complexity index is 3230. The number of nitrogens with zero attached hydrogens (tertiary/aromatic N) is 3. The van der Waals surface area contributed by atoms with E-state index in [1.807, 2.05) is 12.1 Å². The number of rotatable bonds is 6. The van der Waals surface area contributed by atoms with Gasteiger partial charge < -0.3 is 0 Å². The summed E-state index contributed by atoms with van der Waals surface area (Å²) >= 11 is 0. The molecule has 0 N–H and O–H groups in total. The van der Waals surface area contributed by atoms with Gasteiger partial charge in [-0.3, -0.25) is 0 Å². The van der Waals surface area contributed by atoms with Crippen LogP contribution in [0.25, 0.3) is 111 Å². The molecule has 0 saturated heterocycles. The van der Waals surface area contributed by atoms with Crippen molar-refractivity contribution in [2.24, 2.45) is 0 Å². The van der Waals surface area contributed by atoms with E-state index in [1.165, 1.54) is 38.1 Å². The van der Waals surface area contributed by atoms with Crippen molar-refractivity contribution in [1.82, 2.24) is 15.0 Å². The van der Waals surface area contributed by atoms with Crippen molar-refractivity contribution >= 4 is 43.1 Å². The average molecular weight is 738 g/mol. The molecule has 3 nitrogen and oxygen atoms in total. The Morgan fingerprint density at radius 2 is 0.690 bits per heavy atom. The van der Waals surface area contributed by atoms with E-state index in [2.05, 4.69) is 200 Å². The van der Waals surface area contributed by atoms with Crippen LogP contribution in [0.3, 0.4) is 0 Å². The van der Waals surface area contributed by atoms with Gasteiger partial charge in [0.25, 0.3) is 0 Å². The lowest BCUT2D eigenvalue weighted by molar-refractivity contribution is 1.08. The Kier molecular flexibility index (Phi) is 8.15. The highest BCUT2D eigenvalue weighted by Gasteiger charge is 2.23. The molecule has 0 radical (unpaired) electrons. The van der Waals surface area contributed by atoms with Crippen LogP contribution in [0.4, 0.5) is 0 Å². The maximum atomic E-state index is 5.49. The second kappa shape index (κ2) is 14.1. The van der Waals surface area contributed by atoms with Gasteiger partial charge in [-0.15, -0.1) is 0 Å². The number of fused-ring (bicyclic) bond motifs is 5. The highest BCUT2D eigenvalue weighted by atomic mass is 15.0. The zero-order chi connectivity index (χ0) is 38.4. The number of benzene rings is 10. The van der Waals surface area contributed by atoms with Gasteiger partial charge in [0.1, 0.15) is 0 Å². The maximum absolute atomic E-state index is 5.49. The molecule has 58 heavy (non-hydrogen) atoms. The third kappa shape index (κ3) is 5.72. The van der Waals surface area contributed by atoms with Crippen molar-refractivity contribution < 1.29 is 0 Å². The van der Waals surface area contributed by atoms with Crippen molar-refractivity contribution in [2.45, 2.75) is 0 Å². The Hall–Kier alpha value is -7.75. The van der Waals surface area contributed by atoms with Gasteiger partial charge in [-0.25, -0.2) is 15.0 Å². The summed E-state index contributed by atoms with van der Waals surface area (Å²) in [5, 5.41) is 9.31. The SMILES string of the molecule is c1ccc(-c2ccccc2-c2nc(-c3ccccc3-c3ccccc3)nc(-c3c4ccccc4c(-c4ccc5ccccc5c4)c4c3ccc3ccccc34)n2)cc1. The van der Waals surface area contributed by atoms with Crippen molar-refractivity contribution in [3.63, 3.8) is 0 Å². The number of aromatic nitrogens is 3. The fourth-order valence-electron chi connectivity index (χ4n) is 8.66. The standard InChI is InChI=1S/C55H35N3/c1-3-18-37(19-4-1)42-24-11-15-29-47(42)53-56-54(48-30-16-12-25-43(48)38-20-5-2-6-21-38)58-55(57-53)52-46-28-14-13-27-45(46)50(41-32-31-36-17-7-8-23-40(36)35-41)51-44-26-10-9-22-39(44)33-34-49(51)52/h1-35H. The van der Waals surface area contributed by atoms with E-state index < -0.39 is 0 Å². The summed E-state index contributed by atoms with van der Waals surface area (Å²) in [4.78, 5) is 16.3. The molecular formula is C55H35N3. The summed E-state index contributed by atoms with van der Waals surface area (Å²) < 4.78 is 0. The van der Waals surface area contributed by atoms with Crippen molar-refractivity contribution in [3.05, 3.63) is 212 Å². The van der Waals surface area contributed by atoms with Gasteiger partial charge in [-0.1, -0.05) is 206 Å². The highest BCUT2D eigenvalue weighted by molar-refractivity contribution is 6.27. The van der Waals surface area contributed by atoms with E-state index in [0.29, 0.717) is 17.5 Å². The van der Waals surface area contributed by atoms with Crippen LogP contribution in [0.2, 0.25) is 0 Å². The topological polar surface area (TPSA) is 38.7 Å². The predicted molar refractivity (Wildman–Crippen MR) is 242 cm³/mol. The Morgan fingerprint density at radius 1 is 0.241 bits per heavy atom. The zero-order valence-corrected chi connectivity index (χ0v) is 31.5. The first-order valence-electron chi connectivity index (χ1n) is 19.7. The smallest absolute Gasteiger partial charge is 0.165 e. The van der Waals surface area contributed by atoms with Crippen LogP contribution in [0.1, 0.15) is 0 Å². The summed E-state index contributed by atoms with van der Waals surface area (Å²) in [7, 11) is 0. The predicted octanol–water partition coefficient (Wildman–Crippen LogP) is 14.5.